The first-order valence-electron chi connectivity index (χ1n) is 10.2. The van der Waals surface area contributed by atoms with Crippen LogP contribution < -0.4 is 10.6 Å². The zero-order valence-electron chi connectivity index (χ0n) is 17.3. The number of H-pyrrole nitrogens is 1. The molecule has 11 heteroatoms. The van der Waals surface area contributed by atoms with Crippen LogP contribution in [0, 0.1) is 21.0 Å². The number of β-amino-alcohol motifs (C(OH)–C–C–N with tert-alkyl or cyclic N) is 1. The summed E-state index contributed by atoms with van der Waals surface area (Å²) in [6.07, 6.45) is 4.06. The molecule has 0 bridgehead atoms. The van der Waals surface area contributed by atoms with Crippen LogP contribution in [0.4, 0.5) is 24.5 Å². The predicted molar refractivity (Wildman–Crippen MR) is 125 cm³/mol. The van der Waals surface area contributed by atoms with Gasteiger partial charge in [-0.25, -0.2) is 18.2 Å². The molecule has 0 spiro atoms. The molecule has 1 aliphatic heterocycles. The van der Waals surface area contributed by atoms with Crippen LogP contribution in [-0.2, 0) is 6.42 Å². The van der Waals surface area contributed by atoms with Gasteiger partial charge in [-0.15, -0.1) is 0 Å². The molecular weight excluding hydrogens is 550 g/mol. The second-order valence-corrected chi connectivity index (χ2v) is 9.15. The molecule has 0 aliphatic carbocycles. The summed E-state index contributed by atoms with van der Waals surface area (Å²) in [5.41, 5.74) is -0.929. The van der Waals surface area contributed by atoms with Crippen molar-refractivity contribution in [2.24, 2.45) is 0 Å². The maximum Gasteiger partial charge on any atom is 0.256 e. The lowest BCUT2D eigenvalue weighted by molar-refractivity contribution is -0.0783. The van der Waals surface area contributed by atoms with Gasteiger partial charge < -0.3 is 25.6 Å². The van der Waals surface area contributed by atoms with Crippen molar-refractivity contribution in [1.82, 2.24) is 20.2 Å². The van der Waals surface area contributed by atoms with Crippen molar-refractivity contribution in [3.05, 3.63) is 75.1 Å². The highest BCUT2D eigenvalue weighted by atomic mass is 127. The molecule has 33 heavy (non-hydrogen) atoms. The van der Waals surface area contributed by atoms with Gasteiger partial charge in [0.05, 0.1) is 42.0 Å². The number of carbonyl (C=O) groups excluding carboxylic acids is 1. The van der Waals surface area contributed by atoms with E-state index in [1.54, 1.807) is 18.6 Å². The number of aliphatic hydroxyl groups is 1. The molecule has 174 valence electrons. The minimum Gasteiger partial charge on any atom is -0.385 e. The van der Waals surface area contributed by atoms with Crippen LogP contribution in [0.25, 0.3) is 0 Å². The number of rotatable bonds is 8. The number of carbonyl (C=O) groups is 1. The molecule has 1 aliphatic rings. The number of likely N-dealkylation sites (tertiary alicyclic amines) is 1. The summed E-state index contributed by atoms with van der Waals surface area (Å²) in [6.45, 7) is 0.910. The number of anilines is 2. The lowest BCUT2D eigenvalue weighted by Crippen LogP contribution is -2.67. The van der Waals surface area contributed by atoms with Crippen molar-refractivity contribution in [2.75, 3.05) is 31.5 Å². The Morgan fingerprint density at radius 1 is 1.21 bits per heavy atom. The third-order valence-corrected chi connectivity index (χ3v) is 6.01. The highest BCUT2D eigenvalue weighted by Crippen LogP contribution is 2.31. The molecule has 1 amide bonds. The van der Waals surface area contributed by atoms with Gasteiger partial charge in [-0.1, -0.05) is 0 Å². The highest BCUT2D eigenvalue weighted by molar-refractivity contribution is 14.1. The van der Waals surface area contributed by atoms with E-state index in [2.05, 4.69) is 20.6 Å². The van der Waals surface area contributed by atoms with Crippen LogP contribution >= 0.6 is 22.6 Å². The van der Waals surface area contributed by atoms with E-state index >= 15 is 0 Å². The summed E-state index contributed by atoms with van der Waals surface area (Å²) >= 11 is 1.93. The van der Waals surface area contributed by atoms with Crippen LogP contribution in [0.1, 0.15) is 16.1 Å². The molecule has 2 heterocycles. The van der Waals surface area contributed by atoms with E-state index in [-0.39, 0.29) is 30.9 Å². The first-order chi connectivity index (χ1) is 15.8. The molecule has 0 atom stereocenters. The second-order valence-electron chi connectivity index (χ2n) is 7.91. The van der Waals surface area contributed by atoms with Gasteiger partial charge in [-0.2, -0.15) is 0 Å². The smallest absolute Gasteiger partial charge is 0.256 e. The van der Waals surface area contributed by atoms with Gasteiger partial charge in [0.25, 0.3) is 5.91 Å². The third kappa shape index (κ3) is 5.31. The summed E-state index contributed by atoms with van der Waals surface area (Å²) in [7, 11) is 0. The molecule has 4 N–H and O–H groups in total. The summed E-state index contributed by atoms with van der Waals surface area (Å²) in [4.78, 5) is 21.3. The van der Waals surface area contributed by atoms with E-state index in [0.717, 1.165) is 17.8 Å². The fourth-order valence-electron chi connectivity index (χ4n) is 3.63. The molecule has 0 saturated carbocycles. The predicted octanol–water partition coefficient (Wildman–Crippen LogP) is 3.19. The molecule has 0 radical (unpaired) electrons. The lowest BCUT2D eigenvalue weighted by Gasteiger charge is -2.46. The van der Waals surface area contributed by atoms with E-state index in [9.17, 15) is 23.1 Å². The molecular formula is C22H21F3IN5O2. The Balaban J connectivity index is 1.41. The Labute approximate surface area is 201 Å². The summed E-state index contributed by atoms with van der Waals surface area (Å²) < 4.78 is 43.4. The topological polar surface area (TPSA) is 93.3 Å². The van der Waals surface area contributed by atoms with E-state index in [1.807, 2.05) is 22.6 Å². The van der Waals surface area contributed by atoms with Crippen LogP contribution in [0.15, 0.2) is 42.9 Å². The molecule has 1 saturated heterocycles. The maximum atomic E-state index is 14.6. The van der Waals surface area contributed by atoms with Gasteiger partial charge in [-0.05, 0) is 52.9 Å². The van der Waals surface area contributed by atoms with Gasteiger partial charge in [0.2, 0.25) is 0 Å². The Kier molecular flexibility index (Phi) is 6.91. The number of halogens is 4. The number of nitrogens with one attached hydrogen (secondary N) is 3. The number of hydrogen-bond donors (Lipinski definition) is 4. The first-order valence-corrected chi connectivity index (χ1v) is 11.2. The monoisotopic (exact) mass is 571 g/mol. The summed E-state index contributed by atoms with van der Waals surface area (Å²) in [6, 6.07) is 6.20. The van der Waals surface area contributed by atoms with E-state index < -0.39 is 34.6 Å². The fraction of sp³-hybridized carbons (Fsp3) is 0.273. The molecule has 1 aromatic heterocycles. The Morgan fingerprint density at radius 2 is 2.00 bits per heavy atom. The zero-order chi connectivity index (χ0) is 23.6. The Bertz CT molecular complexity index is 1150. The fourth-order valence-corrected chi connectivity index (χ4v) is 4.08. The average molecular weight is 571 g/mol. The van der Waals surface area contributed by atoms with Gasteiger partial charge in [0.15, 0.2) is 11.6 Å². The number of nitrogens with zero attached hydrogens (tertiary/aromatic N) is 2. The van der Waals surface area contributed by atoms with Gasteiger partial charge in [-0.3, -0.25) is 4.79 Å². The summed E-state index contributed by atoms with van der Waals surface area (Å²) in [5, 5.41) is 16.3. The van der Waals surface area contributed by atoms with Gasteiger partial charge in [0.1, 0.15) is 11.4 Å². The van der Waals surface area contributed by atoms with Gasteiger partial charge >= 0.3 is 0 Å². The Morgan fingerprint density at radius 3 is 2.70 bits per heavy atom. The van der Waals surface area contributed by atoms with Crippen molar-refractivity contribution in [2.45, 2.75) is 12.0 Å². The SMILES string of the molecule is O=C(c1ccc(F)c(F)c1Nc1ccc(I)cc1F)N1CC(O)(CNCCc2c[nH]cn2)C1. The summed E-state index contributed by atoms with van der Waals surface area (Å²) in [5.74, 6) is -3.71. The third-order valence-electron chi connectivity index (χ3n) is 5.34. The normalized spacial score (nSPS) is 14.8. The number of amides is 1. The molecule has 2 aromatic carbocycles. The van der Waals surface area contributed by atoms with Crippen molar-refractivity contribution < 1.29 is 23.1 Å². The zero-order valence-corrected chi connectivity index (χ0v) is 19.5. The quantitative estimate of drug-likeness (QED) is 0.246. The van der Waals surface area contributed by atoms with Gasteiger partial charge in [0, 0.05) is 29.3 Å². The maximum absolute atomic E-state index is 14.6. The molecule has 4 rings (SSSR count). The molecule has 3 aromatic rings. The standard InChI is InChI=1S/C22H21F3IN5O2/c23-16-3-2-15(20(19(16)25)30-18-4-1-13(26)7-17(18)24)21(32)31-10-22(33,11-31)9-27-6-5-14-8-28-12-29-14/h1-4,7-8,12,27,30,33H,5-6,9-11H2,(H,28,29). The lowest BCUT2D eigenvalue weighted by atomic mass is 9.92. The van der Waals surface area contributed by atoms with Crippen molar-refractivity contribution in [3.8, 4) is 0 Å². The molecule has 1 fully saturated rings. The Hall–Kier alpha value is -2.64. The highest BCUT2D eigenvalue weighted by Gasteiger charge is 2.44. The number of hydrogen-bond acceptors (Lipinski definition) is 5. The number of aromatic amines is 1. The van der Waals surface area contributed by atoms with Crippen LogP contribution in [0.3, 0.4) is 0 Å². The van der Waals surface area contributed by atoms with Crippen molar-refractivity contribution >= 4 is 39.9 Å². The molecule has 0 unspecified atom stereocenters. The van der Waals surface area contributed by atoms with E-state index in [0.29, 0.717) is 16.5 Å². The number of imidazole rings is 1. The average Bonchev–Trinajstić information content (AvgIpc) is 3.27. The molecule has 7 nitrogen and oxygen atoms in total. The van der Waals surface area contributed by atoms with Crippen molar-refractivity contribution in [3.63, 3.8) is 0 Å². The first kappa shape index (κ1) is 23.5. The minimum absolute atomic E-state index is 0.0254. The van der Waals surface area contributed by atoms with E-state index in [1.165, 1.54) is 17.0 Å². The number of aromatic nitrogens is 2. The minimum atomic E-state index is -1.28. The van der Waals surface area contributed by atoms with Crippen LogP contribution in [0.5, 0.6) is 0 Å². The van der Waals surface area contributed by atoms with Crippen LogP contribution in [-0.4, -0.2) is 57.7 Å². The van der Waals surface area contributed by atoms with Crippen molar-refractivity contribution in [1.29, 1.82) is 0 Å². The van der Waals surface area contributed by atoms with Crippen LogP contribution in [0.2, 0.25) is 0 Å². The second kappa shape index (κ2) is 9.69. The number of benzene rings is 2. The van der Waals surface area contributed by atoms with E-state index in [4.69, 9.17) is 0 Å². The largest absolute Gasteiger partial charge is 0.385 e.